The van der Waals surface area contributed by atoms with Gasteiger partial charge in [0.15, 0.2) is 0 Å². The Bertz CT molecular complexity index is 258. The Labute approximate surface area is 127 Å². The summed E-state index contributed by atoms with van der Waals surface area (Å²) in [6, 6.07) is 0. The quantitative estimate of drug-likeness (QED) is 0.230. The Morgan fingerprint density at radius 1 is 0.917 bits per heavy atom. The van der Waals surface area contributed by atoms with E-state index in [1.165, 1.54) is 0 Å². The Kier molecular flexibility index (Phi) is 12.0. The van der Waals surface area contributed by atoms with Gasteiger partial charge in [-0.05, 0) is 0 Å². The van der Waals surface area contributed by atoms with Gasteiger partial charge in [0.1, 0.15) is 0 Å². The number of rotatable bonds is 3. The third kappa shape index (κ3) is 18.0. The third-order valence-corrected chi connectivity index (χ3v) is 0.766. The molecule has 0 fully saturated rings. The van der Waals surface area contributed by atoms with Crippen molar-refractivity contribution in [3.63, 3.8) is 0 Å². The van der Waals surface area contributed by atoms with Gasteiger partial charge in [0, 0.05) is 21.1 Å². The summed E-state index contributed by atoms with van der Waals surface area (Å²) in [5.41, 5.74) is 0. The maximum atomic E-state index is 9.51. The van der Waals surface area contributed by atoms with Crippen LogP contribution in [0.5, 0.6) is 0 Å². The minimum absolute atomic E-state index is 0. The van der Waals surface area contributed by atoms with Crippen molar-refractivity contribution in [2.24, 2.45) is 0 Å². The van der Waals surface area contributed by atoms with E-state index < -0.39 is 20.8 Å². The zero-order valence-corrected chi connectivity index (χ0v) is 12.3. The Hall–Kier alpha value is 2.06. The summed E-state index contributed by atoms with van der Waals surface area (Å²) in [7, 11) is -10.0. The van der Waals surface area contributed by atoms with Crippen molar-refractivity contribution < 1.29 is 108 Å². The van der Waals surface area contributed by atoms with Crippen LogP contribution in [-0.4, -0.2) is 25.9 Å². The van der Waals surface area contributed by atoms with Gasteiger partial charge in [-0.15, -0.1) is 0 Å². The van der Waals surface area contributed by atoms with Crippen molar-refractivity contribution in [3.8, 4) is 0 Å². The van der Waals surface area contributed by atoms with Crippen LogP contribution in [0, 0.1) is 0 Å². The van der Waals surface area contributed by atoms with E-state index in [1.807, 2.05) is 0 Å². The molecule has 0 aromatic carbocycles. The molecular weight excluding hydrogens is 327 g/mol. The van der Waals surface area contributed by atoms with Crippen molar-refractivity contribution in [2.45, 2.75) is 0 Å². The van der Waals surface area contributed by atoms with Gasteiger partial charge >= 0.3 is 72.2 Å². The monoisotopic (exact) mass is 332 g/mol. The van der Waals surface area contributed by atoms with Crippen LogP contribution in [0.15, 0.2) is 0 Å². The summed E-state index contributed by atoms with van der Waals surface area (Å²) in [4.78, 5) is 0. The topological polar surface area (TPSA) is 127 Å². The molecule has 0 rings (SSSR count). The number of hydrogen-bond donors (Lipinski definition) is 2. The van der Waals surface area contributed by atoms with Crippen LogP contribution < -0.4 is 51.4 Å². The van der Waals surface area contributed by atoms with Crippen molar-refractivity contribution in [2.75, 3.05) is 0 Å². The van der Waals surface area contributed by atoms with E-state index in [4.69, 9.17) is 9.11 Å². The van der Waals surface area contributed by atoms with Crippen LogP contribution >= 0.6 is 0 Å². The molecule has 0 aromatic rings. The first-order valence-electron chi connectivity index (χ1n) is 1.53. The summed E-state index contributed by atoms with van der Waals surface area (Å²) in [6.07, 6.45) is 0. The van der Waals surface area contributed by atoms with E-state index in [9.17, 15) is 16.8 Å². The molecule has 0 heterocycles. The van der Waals surface area contributed by atoms with E-state index in [-0.39, 0.29) is 73.9 Å². The van der Waals surface area contributed by atoms with Crippen LogP contribution in [0.4, 0.5) is 0 Å². The van der Waals surface area contributed by atoms with Crippen LogP contribution in [0.1, 0.15) is 1.43 Å². The molecule has 2 N–H and O–H groups in total. The van der Waals surface area contributed by atoms with E-state index >= 15 is 0 Å². The molecule has 0 radical (unpaired) electrons. The average molecular weight is 330 g/mol. The second-order valence-electron chi connectivity index (χ2n) is 0.992. The zero-order valence-electron chi connectivity index (χ0n) is 6.57. The largest absolute Gasteiger partial charge is 1.00 e. The second-order valence-corrected chi connectivity index (χ2v) is 2.97. The fourth-order valence-corrected chi connectivity index (χ4v) is 0.632. The Balaban J connectivity index is -0.000000135. The van der Waals surface area contributed by atoms with E-state index in [1.54, 1.807) is 0 Å². The minimum atomic E-state index is -5.02. The molecule has 0 saturated carbocycles. The standard InChI is InChI=1S/K.Mo.H2O8S2.H/c;;1-9(2,3)7-8-10(4,5)6;/h;;(H,1,2,3)(H,4,5,6);/q+1;;;-1. The van der Waals surface area contributed by atoms with Crippen LogP contribution in [0.2, 0.25) is 0 Å². The van der Waals surface area contributed by atoms with Gasteiger partial charge in [-0.25, -0.2) is 0 Å². The van der Waals surface area contributed by atoms with Crippen LogP contribution in [-0.2, 0) is 50.5 Å². The fraction of sp³-hybridized carbons (Fsp3) is 0. The molecule has 8 nitrogen and oxygen atoms in total. The van der Waals surface area contributed by atoms with Crippen molar-refractivity contribution in [1.29, 1.82) is 0 Å². The average Bonchev–Trinajstić information content (AvgIpc) is 1.57. The predicted octanol–water partition coefficient (Wildman–Crippen LogP) is -4.35. The molecule has 0 atom stereocenters. The molecular formula is H3KMoO8S2. The molecule has 0 bridgehead atoms. The van der Waals surface area contributed by atoms with Gasteiger partial charge in [-0.3, -0.25) is 9.11 Å². The molecule has 0 unspecified atom stereocenters. The molecule has 0 saturated heterocycles. The van der Waals surface area contributed by atoms with E-state index in [0.717, 1.165) is 0 Å². The molecule has 0 aliphatic heterocycles. The maximum absolute atomic E-state index is 9.51. The fourth-order valence-electron chi connectivity index (χ4n) is 0.0702. The minimum Gasteiger partial charge on any atom is -1.00 e. The van der Waals surface area contributed by atoms with Gasteiger partial charge in [0.05, 0.1) is 0 Å². The van der Waals surface area contributed by atoms with E-state index in [0.29, 0.717) is 0 Å². The first-order valence-corrected chi connectivity index (χ1v) is 4.26. The van der Waals surface area contributed by atoms with Gasteiger partial charge in [0.25, 0.3) is 0 Å². The van der Waals surface area contributed by atoms with Crippen LogP contribution in [0.25, 0.3) is 0 Å². The van der Waals surface area contributed by atoms with Gasteiger partial charge in [0.2, 0.25) is 0 Å². The molecule has 0 spiro atoms. The van der Waals surface area contributed by atoms with Gasteiger partial charge < -0.3 is 1.43 Å². The summed E-state index contributed by atoms with van der Waals surface area (Å²) < 4.78 is 58.9. The zero-order chi connectivity index (χ0) is 8.41. The van der Waals surface area contributed by atoms with Crippen LogP contribution in [0.3, 0.4) is 0 Å². The molecule has 0 aliphatic carbocycles. The summed E-state index contributed by atoms with van der Waals surface area (Å²) >= 11 is 0. The Morgan fingerprint density at radius 2 is 1.08 bits per heavy atom. The number of hydrogen-bond acceptors (Lipinski definition) is 6. The molecule has 12 heteroatoms. The molecule has 0 amide bonds. The SMILES string of the molecule is O=S(=O)(O)OOS(=O)(=O)O.[H-].[K+].[Mo]. The second kappa shape index (κ2) is 7.37. The summed E-state index contributed by atoms with van der Waals surface area (Å²) in [5, 5.41) is 0. The summed E-state index contributed by atoms with van der Waals surface area (Å²) in [6.45, 7) is 0. The summed E-state index contributed by atoms with van der Waals surface area (Å²) in [5.74, 6) is 0. The first kappa shape index (κ1) is 19.6. The smallest absolute Gasteiger partial charge is 1.00 e. The van der Waals surface area contributed by atoms with Crippen molar-refractivity contribution >= 4 is 20.8 Å². The van der Waals surface area contributed by atoms with E-state index in [2.05, 4.69) is 8.67 Å². The molecule has 12 heavy (non-hydrogen) atoms. The molecule has 70 valence electrons. The first-order chi connectivity index (χ1) is 4.21. The molecule has 0 aliphatic rings. The van der Waals surface area contributed by atoms with Crippen molar-refractivity contribution in [1.82, 2.24) is 0 Å². The molecule has 0 aromatic heterocycles. The van der Waals surface area contributed by atoms with Gasteiger partial charge in [-0.1, -0.05) is 8.67 Å². The third-order valence-electron chi connectivity index (χ3n) is 0.200. The maximum Gasteiger partial charge on any atom is 1.00 e. The van der Waals surface area contributed by atoms with Crippen molar-refractivity contribution in [3.05, 3.63) is 0 Å². The Morgan fingerprint density at radius 3 is 1.17 bits per heavy atom. The normalized spacial score (nSPS) is 11.2. The predicted molar refractivity (Wildman–Crippen MR) is 26.4 cm³/mol. The van der Waals surface area contributed by atoms with Gasteiger partial charge in [-0.2, -0.15) is 16.8 Å².